The highest BCUT2D eigenvalue weighted by Crippen LogP contribution is 2.22. The number of aryl methyl sites for hydroxylation is 1. The molecule has 0 aliphatic carbocycles. The van der Waals surface area contributed by atoms with Crippen molar-refractivity contribution in [1.82, 2.24) is 15.0 Å². The summed E-state index contributed by atoms with van der Waals surface area (Å²) in [5, 5.41) is 6.84. The molecule has 128 valence electrons. The Morgan fingerprint density at radius 3 is 2.62 bits per heavy atom. The van der Waals surface area contributed by atoms with Crippen LogP contribution in [-0.4, -0.2) is 41.1 Å². The molecule has 6 nitrogen and oxygen atoms in total. The zero-order valence-corrected chi connectivity index (χ0v) is 14.5. The molecule has 2 N–H and O–H groups in total. The van der Waals surface area contributed by atoms with E-state index in [2.05, 4.69) is 39.3 Å². The average Bonchev–Trinajstić information content (AvgIpc) is 3.13. The molecule has 1 aliphatic heterocycles. The van der Waals surface area contributed by atoms with Crippen LogP contribution in [-0.2, 0) is 0 Å². The summed E-state index contributed by atoms with van der Waals surface area (Å²) >= 11 is 0. The molecule has 24 heavy (non-hydrogen) atoms. The first-order valence-electron chi connectivity index (χ1n) is 8.72. The van der Waals surface area contributed by atoms with E-state index in [0.29, 0.717) is 0 Å². The second kappa shape index (κ2) is 7.95. The molecule has 1 saturated heterocycles. The van der Waals surface area contributed by atoms with Gasteiger partial charge < -0.3 is 15.5 Å². The molecule has 0 atom stereocenters. The predicted molar refractivity (Wildman–Crippen MR) is 98.8 cm³/mol. The van der Waals surface area contributed by atoms with Gasteiger partial charge in [-0.05, 0) is 45.2 Å². The molecule has 0 unspecified atom stereocenters. The molecule has 0 radical (unpaired) electrons. The summed E-state index contributed by atoms with van der Waals surface area (Å²) in [5.41, 5.74) is 3.25. The molecular weight excluding hydrogens is 300 g/mol. The molecule has 1 aliphatic rings. The van der Waals surface area contributed by atoms with Crippen molar-refractivity contribution >= 4 is 17.5 Å². The lowest BCUT2D eigenvalue weighted by Crippen LogP contribution is -2.22. The Morgan fingerprint density at radius 2 is 1.88 bits per heavy atom. The molecule has 0 spiro atoms. The number of rotatable bonds is 7. The third-order valence-electron chi connectivity index (χ3n) is 4.40. The van der Waals surface area contributed by atoms with Crippen molar-refractivity contribution in [1.29, 1.82) is 0 Å². The first kappa shape index (κ1) is 16.5. The van der Waals surface area contributed by atoms with E-state index in [4.69, 9.17) is 4.98 Å². The third kappa shape index (κ3) is 4.13. The van der Waals surface area contributed by atoms with E-state index >= 15 is 0 Å². The summed E-state index contributed by atoms with van der Waals surface area (Å²) in [6.07, 6.45) is 7.10. The fourth-order valence-electron chi connectivity index (χ4n) is 2.84. The minimum absolute atomic E-state index is 0.867. The molecule has 6 heteroatoms. The van der Waals surface area contributed by atoms with Crippen LogP contribution in [0.1, 0.15) is 30.5 Å². The first-order valence-corrected chi connectivity index (χ1v) is 8.72. The Balaban J connectivity index is 1.52. The van der Waals surface area contributed by atoms with Crippen LogP contribution in [0.25, 0.3) is 0 Å². The second-order valence-corrected chi connectivity index (χ2v) is 6.23. The summed E-state index contributed by atoms with van der Waals surface area (Å²) in [4.78, 5) is 15.8. The van der Waals surface area contributed by atoms with Crippen LogP contribution in [0, 0.1) is 13.8 Å². The second-order valence-electron chi connectivity index (χ2n) is 6.23. The van der Waals surface area contributed by atoms with Crippen LogP contribution in [0.5, 0.6) is 0 Å². The van der Waals surface area contributed by atoms with Crippen molar-refractivity contribution in [3.63, 3.8) is 0 Å². The number of aromatic nitrogens is 3. The van der Waals surface area contributed by atoms with E-state index in [0.717, 1.165) is 61.3 Å². The van der Waals surface area contributed by atoms with Crippen LogP contribution in [0.3, 0.4) is 0 Å². The Hall–Kier alpha value is -2.37. The van der Waals surface area contributed by atoms with Crippen LogP contribution < -0.4 is 15.5 Å². The van der Waals surface area contributed by atoms with Gasteiger partial charge in [0.05, 0.1) is 5.69 Å². The van der Waals surface area contributed by atoms with Crippen LogP contribution in [0.4, 0.5) is 17.5 Å². The number of pyridine rings is 1. The number of nitrogens with one attached hydrogen (secondary N) is 2. The lowest BCUT2D eigenvalue weighted by Gasteiger charge is -2.18. The molecule has 0 aromatic carbocycles. The van der Waals surface area contributed by atoms with E-state index in [1.54, 1.807) is 6.20 Å². The van der Waals surface area contributed by atoms with Crippen LogP contribution >= 0.6 is 0 Å². The smallest absolute Gasteiger partial charge is 0.227 e. The van der Waals surface area contributed by atoms with E-state index in [1.165, 1.54) is 12.8 Å². The Morgan fingerprint density at radius 1 is 1.08 bits per heavy atom. The van der Waals surface area contributed by atoms with Gasteiger partial charge in [-0.15, -0.1) is 0 Å². The molecule has 0 saturated carbocycles. The Labute approximate surface area is 143 Å². The topological polar surface area (TPSA) is 66.0 Å². The zero-order chi connectivity index (χ0) is 16.8. The fourth-order valence-corrected chi connectivity index (χ4v) is 2.84. The normalized spacial score (nSPS) is 14.0. The molecule has 1 fully saturated rings. The summed E-state index contributed by atoms with van der Waals surface area (Å²) in [6, 6.07) is 3.97. The maximum absolute atomic E-state index is 4.74. The van der Waals surface area contributed by atoms with Crippen molar-refractivity contribution in [3.8, 4) is 0 Å². The molecule has 0 amide bonds. The minimum Gasteiger partial charge on any atom is -0.384 e. The highest BCUT2D eigenvalue weighted by molar-refractivity contribution is 5.50. The van der Waals surface area contributed by atoms with Crippen LogP contribution in [0.15, 0.2) is 24.5 Å². The summed E-state index contributed by atoms with van der Waals surface area (Å²) in [6.45, 7) is 8.06. The molecule has 2 aromatic heterocycles. The van der Waals surface area contributed by atoms with E-state index < -0.39 is 0 Å². The zero-order valence-electron chi connectivity index (χ0n) is 14.5. The monoisotopic (exact) mass is 326 g/mol. The number of hydrogen-bond acceptors (Lipinski definition) is 6. The molecule has 0 bridgehead atoms. The lowest BCUT2D eigenvalue weighted by atomic mass is 10.2. The summed E-state index contributed by atoms with van der Waals surface area (Å²) in [7, 11) is 0. The lowest BCUT2D eigenvalue weighted by molar-refractivity contribution is 0.867. The summed E-state index contributed by atoms with van der Waals surface area (Å²) < 4.78 is 0. The number of nitrogens with zero attached hydrogens (tertiary/aromatic N) is 4. The SMILES string of the molecule is Cc1nc(N2CCCC2)nc(NCCCNc2cccnc2)c1C. The number of anilines is 3. The van der Waals surface area contributed by atoms with Crippen LogP contribution in [0.2, 0.25) is 0 Å². The average molecular weight is 326 g/mol. The molecule has 3 heterocycles. The highest BCUT2D eigenvalue weighted by Gasteiger charge is 2.17. The highest BCUT2D eigenvalue weighted by atomic mass is 15.3. The molecular formula is C18H26N6. The molecule has 3 rings (SSSR count). The van der Waals surface area contributed by atoms with Gasteiger partial charge in [0, 0.05) is 49.8 Å². The minimum atomic E-state index is 0.867. The van der Waals surface area contributed by atoms with E-state index in [9.17, 15) is 0 Å². The van der Waals surface area contributed by atoms with Gasteiger partial charge in [-0.2, -0.15) is 4.98 Å². The van der Waals surface area contributed by atoms with Crippen molar-refractivity contribution in [3.05, 3.63) is 35.8 Å². The first-order chi connectivity index (χ1) is 11.7. The van der Waals surface area contributed by atoms with Gasteiger partial charge >= 0.3 is 0 Å². The molecule has 2 aromatic rings. The standard InChI is InChI=1S/C18H26N6/c1-14-15(2)22-18(24-11-3-4-12-24)23-17(14)21-10-6-9-20-16-7-5-8-19-13-16/h5,7-8,13,20H,3-4,6,9-12H2,1-2H3,(H,21,22,23). The van der Waals surface area contributed by atoms with Gasteiger partial charge in [-0.1, -0.05) is 0 Å². The quantitative estimate of drug-likeness (QED) is 0.763. The van der Waals surface area contributed by atoms with Gasteiger partial charge in [0.15, 0.2) is 0 Å². The predicted octanol–water partition coefficient (Wildman–Crippen LogP) is 3.00. The van der Waals surface area contributed by atoms with E-state index in [-0.39, 0.29) is 0 Å². The van der Waals surface area contributed by atoms with Gasteiger partial charge in [-0.3, -0.25) is 4.98 Å². The maximum atomic E-state index is 4.74. The van der Waals surface area contributed by atoms with Gasteiger partial charge in [-0.25, -0.2) is 4.98 Å². The van der Waals surface area contributed by atoms with Crippen molar-refractivity contribution in [2.75, 3.05) is 41.7 Å². The van der Waals surface area contributed by atoms with Crippen molar-refractivity contribution in [2.24, 2.45) is 0 Å². The fraction of sp³-hybridized carbons (Fsp3) is 0.500. The van der Waals surface area contributed by atoms with Gasteiger partial charge in [0.25, 0.3) is 0 Å². The summed E-state index contributed by atoms with van der Waals surface area (Å²) in [5.74, 6) is 1.83. The number of hydrogen-bond donors (Lipinski definition) is 2. The van der Waals surface area contributed by atoms with Gasteiger partial charge in [0.2, 0.25) is 5.95 Å². The van der Waals surface area contributed by atoms with E-state index in [1.807, 2.05) is 18.3 Å². The Kier molecular flexibility index (Phi) is 5.46. The third-order valence-corrected chi connectivity index (χ3v) is 4.40. The maximum Gasteiger partial charge on any atom is 0.227 e. The van der Waals surface area contributed by atoms with Crippen molar-refractivity contribution < 1.29 is 0 Å². The van der Waals surface area contributed by atoms with Gasteiger partial charge in [0.1, 0.15) is 5.82 Å². The van der Waals surface area contributed by atoms with Crippen molar-refractivity contribution in [2.45, 2.75) is 33.1 Å². The Bertz CT molecular complexity index is 652. The largest absolute Gasteiger partial charge is 0.384 e.